The van der Waals surface area contributed by atoms with Gasteiger partial charge in [0, 0.05) is 18.2 Å². The molecule has 18 heavy (non-hydrogen) atoms. The summed E-state index contributed by atoms with van der Waals surface area (Å²) >= 11 is 0. The summed E-state index contributed by atoms with van der Waals surface area (Å²) < 4.78 is 4.45. The quantitative estimate of drug-likeness (QED) is 0.376. The summed E-state index contributed by atoms with van der Waals surface area (Å²) in [5.41, 5.74) is -0.105. The smallest absolute Gasteiger partial charge is 0.338 e. The topological polar surface area (TPSA) is 107 Å². The number of rotatable bonds is 4. The summed E-state index contributed by atoms with van der Waals surface area (Å²) in [7, 11) is 1.15. The molecule has 0 aliphatic rings. The van der Waals surface area contributed by atoms with Crippen LogP contribution >= 0.6 is 0 Å². The monoisotopic (exact) mass is 251 g/mol. The number of benzene rings is 1. The first kappa shape index (κ1) is 13.4. The van der Waals surface area contributed by atoms with Gasteiger partial charge in [0.25, 0.3) is 5.69 Å². The summed E-state index contributed by atoms with van der Waals surface area (Å²) in [6, 6.07) is 3.52. The predicted molar refractivity (Wildman–Crippen MR) is 61.1 cm³/mol. The minimum absolute atomic E-state index is 0.0169. The SMILES string of the molecule is COC(=O)c1cc(C=CC(=O)O)cc([N+](=O)[O-])c1. The number of hydrogen-bond donors (Lipinski definition) is 1. The molecule has 0 aliphatic carbocycles. The number of carbonyl (C=O) groups excluding carboxylic acids is 1. The largest absolute Gasteiger partial charge is 0.478 e. The lowest BCUT2D eigenvalue weighted by atomic mass is 10.1. The molecule has 0 amide bonds. The normalized spacial score (nSPS) is 10.3. The number of nitro benzene ring substituents is 1. The Bertz CT molecular complexity index is 534. The van der Waals surface area contributed by atoms with E-state index in [1.807, 2.05) is 0 Å². The highest BCUT2D eigenvalue weighted by atomic mass is 16.6. The number of carboxylic acid groups (broad SMARTS) is 1. The molecular weight excluding hydrogens is 242 g/mol. The number of ether oxygens (including phenoxy) is 1. The Morgan fingerprint density at radius 3 is 2.56 bits per heavy atom. The van der Waals surface area contributed by atoms with Crippen LogP contribution in [0.25, 0.3) is 6.08 Å². The van der Waals surface area contributed by atoms with E-state index in [1.165, 1.54) is 6.07 Å². The van der Waals surface area contributed by atoms with Crippen molar-refractivity contribution in [3.63, 3.8) is 0 Å². The van der Waals surface area contributed by atoms with E-state index in [-0.39, 0.29) is 16.8 Å². The number of methoxy groups -OCH3 is 1. The van der Waals surface area contributed by atoms with Crippen LogP contribution in [0.3, 0.4) is 0 Å². The third kappa shape index (κ3) is 3.41. The number of aliphatic carboxylic acids is 1. The van der Waals surface area contributed by atoms with Crippen molar-refractivity contribution in [1.29, 1.82) is 0 Å². The lowest BCUT2D eigenvalue weighted by Gasteiger charge is -2.01. The van der Waals surface area contributed by atoms with Gasteiger partial charge < -0.3 is 9.84 Å². The summed E-state index contributed by atoms with van der Waals surface area (Å²) in [5, 5.41) is 19.1. The Kier molecular flexibility index (Phi) is 4.14. The number of hydrogen-bond acceptors (Lipinski definition) is 5. The van der Waals surface area contributed by atoms with E-state index in [0.717, 1.165) is 31.4 Å². The molecule has 7 heteroatoms. The van der Waals surface area contributed by atoms with Gasteiger partial charge >= 0.3 is 11.9 Å². The van der Waals surface area contributed by atoms with Crippen molar-refractivity contribution in [3.8, 4) is 0 Å². The Hall–Kier alpha value is -2.70. The standard InChI is InChI=1S/C11H9NO6/c1-18-11(15)8-4-7(2-3-10(13)14)5-9(6-8)12(16)17/h2-6H,1H3,(H,13,14). The average molecular weight is 251 g/mol. The second-order valence-corrected chi connectivity index (χ2v) is 3.23. The molecule has 0 aromatic heterocycles. The molecule has 94 valence electrons. The van der Waals surface area contributed by atoms with Crippen LogP contribution in [0.5, 0.6) is 0 Å². The maximum Gasteiger partial charge on any atom is 0.338 e. The second kappa shape index (κ2) is 5.58. The fourth-order valence-electron chi connectivity index (χ4n) is 1.24. The summed E-state index contributed by atoms with van der Waals surface area (Å²) in [6.45, 7) is 0. The zero-order chi connectivity index (χ0) is 13.7. The van der Waals surface area contributed by atoms with Gasteiger partial charge in [-0.3, -0.25) is 10.1 Å². The number of nitrogens with zero attached hydrogens (tertiary/aromatic N) is 1. The Balaban J connectivity index is 3.26. The van der Waals surface area contributed by atoms with Gasteiger partial charge in [0.05, 0.1) is 17.6 Å². The molecule has 1 rings (SSSR count). The molecule has 1 aromatic rings. The molecule has 0 heterocycles. The highest BCUT2D eigenvalue weighted by Crippen LogP contribution is 2.19. The van der Waals surface area contributed by atoms with E-state index in [9.17, 15) is 19.7 Å². The molecule has 0 spiro atoms. The molecule has 0 aliphatic heterocycles. The van der Waals surface area contributed by atoms with Gasteiger partial charge in [0.2, 0.25) is 0 Å². The van der Waals surface area contributed by atoms with Gasteiger partial charge in [-0.2, -0.15) is 0 Å². The van der Waals surface area contributed by atoms with E-state index < -0.39 is 16.9 Å². The summed E-state index contributed by atoms with van der Waals surface area (Å²) in [5.74, 6) is -1.93. The molecule has 0 radical (unpaired) electrons. The molecule has 1 aromatic carbocycles. The van der Waals surface area contributed by atoms with E-state index >= 15 is 0 Å². The van der Waals surface area contributed by atoms with Crippen LogP contribution in [0.4, 0.5) is 5.69 Å². The molecule has 0 atom stereocenters. The Morgan fingerprint density at radius 1 is 1.39 bits per heavy atom. The summed E-state index contributed by atoms with van der Waals surface area (Å²) in [4.78, 5) is 31.6. The number of non-ortho nitro benzene ring substituents is 1. The molecule has 7 nitrogen and oxygen atoms in total. The Morgan fingerprint density at radius 2 is 2.06 bits per heavy atom. The highest BCUT2D eigenvalue weighted by Gasteiger charge is 2.13. The predicted octanol–water partition coefficient (Wildman–Crippen LogP) is 1.48. The molecule has 0 saturated heterocycles. The van der Waals surface area contributed by atoms with Crippen LogP contribution in [-0.2, 0) is 9.53 Å². The maximum absolute atomic E-state index is 11.3. The van der Waals surface area contributed by atoms with Crippen molar-refractivity contribution in [2.45, 2.75) is 0 Å². The van der Waals surface area contributed by atoms with Crippen molar-refractivity contribution in [1.82, 2.24) is 0 Å². The molecule has 0 fully saturated rings. The van der Waals surface area contributed by atoms with E-state index in [1.54, 1.807) is 0 Å². The van der Waals surface area contributed by atoms with Crippen LogP contribution in [0.1, 0.15) is 15.9 Å². The van der Waals surface area contributed by atoms with E-state index in [2.05, 4.69) is 4.74 Å². The zero-order valence-electron chi connectivity index (χ0n) is 9.32. The van der Waals surface area contributed by atoms with Crippen molar-refractivity contribution in [2.75, 3.05) is 7.11 Å². The zero-order valence-corrected chi connectivity index (χ0v) is 9.32. The Labute approximate surface area is 101 Å². The molecule has 1 N–H and O–H groups in total. The van der Waals surface area contributed by atoms with Gasteiger partial charge in [-0.15, -0.1) is 0 Å². The molecule has 0 bridgehead atoms. The first-order valence-electron chi connectivity index (χ1n) is 4.73. The van der Waals surface area contributed by atoms with E-state index in [4.69, 9.17) is 5.11 Å². The maximum atomic E-state index is 11.3. The third-order valence-corrected chi connectivity index (χ3v) is 1.99. The lowest BCUT2D eigenvalue weighted by molar-refractivity contribution is -0.384. The van der Waals surface area contributed by atoms with Crippen molar-refractivity contribution < 1.29 is 24.4 Å². The molecule has 0 saturated carbocycles. The number of carbonyl (C=O) groups is 2. The first-order chi connectivity index (χ1) is 8.43. The molecule has 0 unspecified atom stereocenters. The van der Waals surface area contributed by atoms with Crippen molar-refractivity contribution in [3.05, 3.63) is 45.5 Å². The number of esters is 1. The fourth-order valence-corrected chi connectivity index (χ4v) is 1.24. The summed E-state index contributed by atoms with van der Waals surface area (Å²) in [6.07, 6.45) is 1.97. The van der Waals surface area contributed by atoms with Gasteiger partial charge in [-0.1, -0.05) is 0 Å². The van der Waals surface area contributed by atoms with Crippen molar-refractivity contribution in [2.24, 2.45) is 0 Å². The van der Waals surface area contributed by atoms with Gasteiger partial charge in [0.1, 0.15) is 0 Å². The van der Waals surface area contributed by atoms with E-state index in [0.29, 0.717) is 0 Å². The van der Waals surface area contributed by atoms with Crippen LogP contribution in [0.15, 0.2) is 24.3 Å². The fraction of sp³-hybridized carbons (Fsp3) is 0.0909. The van der Waals surface area contributed by atoms with Gasteiger partial charge in [-0.25, -0.2) is 9.59 Å². The van der Waals surface area contributed by atoms with Crippen LogP contribution in [0.2, 0.25) is 0 Å². The van der Waals surface area contributed by atoms with Crippen molar-refractivity contribution >= 4 is 23.7 Å². The van der Waals surface area contributed by atoms with Gasteiger partial charge in [-0.05, 0) is 17.7 Å². The molecular formula is C11H9NO6. The second-order valence-electron chi connectivity index (χ2n) is 3.23. The van der Waals surface area contributed by atoms with Crippen LogP contribution in [-0.4, -0.2) is 29.1 Å². The minimum atomic E-state index is -1.19. The highest BCUT2D eigenvalue weighted by molar-refractivity contribution is 5.92. The number of carboxylic acids is 1. The third-order valence-electron chi connectivity index (χ3n) is 1.99. The van der Waals surface area contributed by atoms with Crippen LogP contribution in [0, 0.1) is 10.1 Å². The number of nitro groups is 1. The van der Waals surface area contributed by atoms with Crippen LogP contribution < -0.4 is 0 Å². The first-order valence-corrected chi connectivity index (χ1v) is 4.73. The average Bonchev–Trinajstić information content (AvgIpc) is 2.34. The lowest BCUT2D eigenvalue weighted by Crippen LogP contribution is -2.02. The minimum Gasteiger partial charge on any atom is -0.478 e. The van der Waals surface area contributed by atoms with Gasteiger partial charge in [0.15, 0.2) is 0 Å².